The van der Waals surface area contributed by atoms with E-state index in [0.29, 0.717) is 49.8 Å². The second kappa shape index (κ2) is 39.7. The Bertz CT molecular complexity index is 2680. The number of nitrogens with zero attached hydrogens (tertiary/aromatic N) is 4. The summed E-state index contributed by atoms with van der Waals surface area (Å²) in [5.74, 6) is -7.02. The molecule has 1 aromatic rings. The second-order valence-corrected chi connectivity index (χ2v) is 27.3. The minimum atomic E-state index is -4.29. The number of likely N-dealkylation sites (tertiary alicyclic amines) is 1. The van der Waals surface area contributed by atoms with Gasteiger partial charge >= 0.3 is 0 Å². The van der Waals surface area contributed by atoms with E-state index < -0.39 is 81.6 Å². The Morgan fingerprint density at radius 3 is 1.82 bits per heavy atom. The highest BCUT2D eigenvalue weighted by molar-refractivity contribution is 7.89. The van der Waals surface area contributed by atoms with Gasteiger partial charge in [-0.15, -0.1) is 0 Å². The van der Waals surface area contributed by atoms with Gasteiger partial charge in [0.1, 0.15) is 5.78 Å². The fourth-order valence-electron chi connectivity index (χ4n) is 12.1. The maximum Gasteiger partial charge on any atom is 0.253 e. The summed E-state index contributed by atoms with van der Waals surface area (Å²) in [6.45, 7) is 18.7. The van der Waals surface area contributed by atoms with E-state index in [0.717, 1.165) is 4.90 Å². The Labute approximate surface area is 540 Å². The number of sulfonamides is 1. The van der Waals surface area contributed by atoms with E-state index in [1.54, 1.807) is 49.8 Å². The van der Waals surface area contributed by atoms with Gasteiger partial charge in [0.25, 0.3) is 11.8 Å². The molecule has 514 valence electrons. The number of methoxy groups -OCH3 is 2. The first-order valence-electron chi connectivity index (χ1n) is 32.2. The summed E-state index contributed by atoms with van der Waals surface area (Å²) in [5.41, 5.74) is 6.20. The molecule has 0 aliphatic carbocycles. The number of carbonyl (C=O) groups is 10. The van der Waals surface area contributed by atoms with Crippen molar-refractivity contribution >= 4 is 68.7 Å². The molecule has 2 aliphatic rings. The van der Waals surface area contributed by atoms with E-state index in [4.69, 9.17) is 29.4 Å². The predicted molar refractivity (Wildman–Crippen MR) is 343 cm³/mol. The number of hydrogen-bond donors (Lipinski definition) is 3. The molecule has 1 saturated heterocycles. The minimum absolute atomic E-state index is 0.00818. The molecule has 25 heteroatoms. The molecule has 4 N–H and O–H groups in total. The standard InChI is InChI=1S/C66H107N7O17S/c1-15-45(8)62(71(12)66(83)51(43(4)5)39-55(76)61(44(6)7)70(10)11)56(86-13)40-60(80)72-29-18-20-53(72)63(87-14)46(9)64(81)69-91(84,85)41-48-24-22-47(23-25-48)37-54(75)52(19-16-17-21-57(67)77)68-65(82)50(42(2)3)38-49(74)28-31-88-33-35-90-36-34-89-32-30-73-58(78)26-27-59(73)79/h22-27,42-46,50-53,56,61-63H,15-21,28-41H2,1-14H3,(H2,67,77)(H,68,82)(H,69,81)/t45-,46+,50-,51-,52-,53-,56+,61-,62-,63+/m0/s1. The number of nitrogens with one attached hydrogen (secondary N) is 2. The minimum Gasteiger partial charge on any atom is -0.379 e. The predicted octanol–water partition coefficient (Wildman–Crippen LogP) is 4.61. The van der Waals surface area contributed by atoms with Crippen molar-refractivity contribution in [1.29, 1.82) is 0 Å². The number of carbonyl (C=O) groups excluding carboxylic acids is 10. The average molecular weight is 1300 g/mol. The number of imide groups is 1. The number of hydrogen-bond acceptors (Lipinski definition) is 18. The van der Waals surface area contributed by atoms with E-state index >= 15 is 0 Å². The van der Waals surface area contributed by atoms with Crippen LogP contribution >= 0.6 is 0 Å². The first kappa shape index (κ1) is 79.4. The summed E-state index contributed by atoms with van der Waals surface area (Å²) in [5, 5.41) is 2.87. The third-order valence-corrected chi connectivity index (χ3v) is 18.6. The summed E-state index contributed by atoms with van der Waals surface area (Å²) in [6.07, 6.45) is 3.42. The van der Waals surface area contributed by atoms with E-state index in [9.17, 15) is 56.4 Å². The summed E-state index contributed by atoms with van der Waals surface area (Å²) in [6, 6.07) is 3.79. The van der Waals surface area contributed by atoms with Crippen molar-refractivity contribution in [2.75, 3.05) is 88.1 Å². The molecule has 10 atom stereocenters. The van der Waals surface area contributed by atoms with Crippen LogP contribution in [0.15, 0.2) is 36.4 Å². The van der Waals surface area contributed by atoms with Crippen LogP contribution in [0.3, 0.4) is 0 Å². The van der Waals surface area contributed by atoms with Crippen LogP contribution in [-0.2, 0) is 93.8 Å². The normalized spacial score (nSPS) is 17.5. The van der Waals surface area contributed by atoms with Crippen LogP contribution in [0, 0.1) is 41.4 Å². The number of amides is 7. The molecule has 24 nitrogen and oxygen atoms in total. The highest BCUT2D eigenvalue weighted by atomic mass is 32.2. The van der Waals surface area contributed by atoms with Crippen LogP contribution in [0.1, 0.15) is 144 Å². The summed E-state index contributed by atoms with van der Waals surface area (Å²) in [7, 11) is 4.06. The highest BCUT2D eigenvalue weighted by Crippen LogP contribution is 2.32. The van der Waals surface area contributed by atoms with Crippen molar-refractivity contribution in [3.8, 4) is 0 Å². The first-order valence-corrected chi connectivity index (χ1v) is 33.9. The molecule has 0 radical (unpaired) electrons. The van der Waals surface area contributed by atoms with Crippen LogP contribution in [0.4, 0.5) is 0 Å². The fourth-order valence-corrected chi connectivity index (χ4v) is 13.3. The van der Waals surface area contributed by atoms with Gasteiger partial charge < -0.3 is 44.5 Å². The molecule has 2 heterocycles. The van der Waals surface area contributed by atoms with Gasteiger partial charge in [-0.1, -0.05) is 99.4 Å². The number of ether oxygens (including phenoxy) is 5. The molecule has 0 aromatic heterocycles. The van der Waals surface area contributed by atoms with Crippen LogP contribution in [0.2, 0.25) is 0 Å². The number of Topliss-reactive ketones (excluding diaryl/α,β-unsaturated/α-hetero) is 3. The van der Waals surface area contributed by atoms with Crippen molar-refractivity contribution < 1.29 is 80.0 Å². The molecule has 0 unspecified atom stereocenters. The highest BCUT2D eigenvalue weighted by Gasteiger charge is 2.44. The van der Waals surface area contributed by atoms with Crippen molar-refractivity contribution in [2.24, 2.45) is 47.2 Å². The monoisotopic (exact) mass is 1300 g/mol. The molecular formula is C66H107N7O17S. The lowest BCUT2D eigenvalue weighted by Crippen LogP contribution is -2.54. The van der Waals surface area contributed by atoms with Gasteiger partial charge in [0.05, 0.1) is 101 Å². The smallest absolute Gasteiger partial charge is 0.253 e. The maximum absolute atomic E-state index is 14.5. The first-order chi connectivity index (χ1) is 42.9. The zero-order valence-electron chi connectivity index (χ0n) is 56.5. The van der Waals surface area contributed by atoms with E-state index in [1.807, 2.05) is 60.5 Å². The van der Waals surface area contributed by atoms with Crippen LogP contribution < -0.4 is 15.8 Å². The fraction of sp³-hybridized carbons (Fsp3) is 0.727. The third-order valence-electron chi connectivity index (χ3n) is 17.4. The van der Waals surface area contributed by atoms with Gasteiger partial charge in [0.2, 0.25) is 39.6 Å². The summed E-state index contributed by atoms with van der Waals surface area (Å²) in [4.78, 5) is 138. The Hall–Kier alpha value is -5.83. The number of unbranched alkanes of at least 4 members (excludes halogenated alkanes) is 1. The van der Waals surface area contributed by atoms with Gasteiger partial charge in [-0.3, -0.25) is 62.5 Å². The molecule has 0 spiro atoms. The maximum atomic E-state index is 14.5. The molecule has 1 fully saturated rings. The number of ketones is 3. The van der Waals surface area contributed by atoms with Gasteiger partial charge in [0, 0.05) is 83.9 Å². The van der Waals surface area contributed by atoms with E-state index in [2.05, 4.69) is 10.0 Å². The Morgan fingerprint density at radius 1 is 0.703 bits per heavy atom. The SMILES string of the molecule is CC[C@H](C)[C@@H]([C@@H](CC(=O)N1CCC[C@H]1[C@H](OC)[C@@H](C)C(=O)NS(=O)(=O)Cc1ccc(CC(=O)[C@H](CCCCC(N)=O)NC(=O)[C@@H](CC(=O)CCOCCOCCOCCN2C(=O)C=CC2=O)C(C)C)cc1)OC)N(C)C(=O)[C@@H](CC(=O)[C@H](C(C)C)N(C)C)C(C)C. The quantitative estimate of drug-likeness (QED) is 0.0593. The number of primary amides is 1. The molecule has 3 rings (SSSR count). The largest absolute Gasteiger partial charge is 0.379 e. The van der Waals surface area contributed by atoms with Crippen molar-refractivity contribution in [3.63, 3.8) is 0 Å². The Morgan fingerprint density at radius 2 is 1.29 bits per heavy atom. The topological polar surface area (TPSA) is 314 Å². The lowest BCUT2D eigenvalue weighted by atomic mass is 9.83. The van der Waals surface area contributed by atoms with E-state index in [1.165, 1.54) is 38.5 Å². The lowest BCUT2D eigenvalue weighted by Gasteiger charge is -2.41. The number of likely N-dealkylation sites (N-methyl/N-ethyl adjacent to an activating group) is 2. The van der Waals surface area contributed by atoms with Gasteiger partial charge in [-0.2, -0.15) is 0 Å². The van der Waals surface area contributed by atoms with Gasteiger partial charge in [-0.25, -0.2) is 8.42 Å². The molecular weight excluding hydrogens is 1190 g/mol. The molecule has 0 saturated carbocycles. The summed E-state index contributed by atoms with van der Waals surface area (Å²) < 4.78 is 57.9. The Balaban J connectivity index is 1.61. The third kappa shape index (κ3) is 25.9. The van der Waals surface area contributed by atoms with Crippen LogP contribution in [-0.4, -0.2) is 211 Å². The van der Waals surface area contributed by atoms with E-state index in [-0.39, 0.29) is 162 Å². The number of nitrogens with two attached hydrogens (primary N) is 1. The van der Waals surface area contributed by atoms with Crippen molar-refractivity contribution in [2.45, 2.75) is 181 Å². The molecule has 2 aliphatic heterocycles. The number of rotatable bonds is 46. The molecule has 91 heavy (non-hydrogen) atoms. The second-order valence-electron chi connectivity index (χ2n) is 25.6. The molecule has 1 aromatic carbocycles. The molecule has 7 amide bonds. The van der Waals surface area contributed by atoms with Crippen molar-refractivity contribution in [1.82, 2.24) is 29.6 Å². The van der Waals surface area contributed by atoms with Gasteiger partial charge in [0.15, 0.2) is 11.6 Å². The van der Waals surface area contributed by atoms with Crippen molar-refractivity contribution in [3.05, 3.63) is 47.5 Å². The zero-order chi connectivity index (χ0) is 68.3. The number of benzene rings is 1. The molecule has 0 bridgehead atoms. The van der Waals surface area contributed by atoms with Gasteiger partial charge in [-0.05, 0) is 74.6 Å². The van der Waals surface area contributed by atoms with Crippen LogP contribution in [0.25, 0.3) is 0 Å². The Kier molecular flexibility index (Phi) is 34.6. The van der Waals surface area contributed by atoms with Crippen LogP contribution in [0.5, 0.6) is 0 Å². The summed E-state index contributed by atoms with van der Waals surface area (Å²) >= 11 is 0. The average Bonchev–Trinajstić information content (AvgIpc) is 3.83. The lowest BCUT2D eigenvalue weighted by molar-refractivity contribution is -0.149. The zero-order valence-corrected chi connectivity index (χ0v) is 57.4.